The van der Waals surface area contributed by atoms with Crippen molar-refractivity contribution >= 4 is 34.9 Å². The fraction of sp³-hybridized carbons (Fsp3) is 0.485. The summed E-state index contributed by atoms with van der Waals surface area (Å²) in [5, 5.41) is 6.43. The van der Waals surface area contributed by atoms with Crippen LogP contribution in [-0.2, 0) is 9.53 Å². The smallest absolute Gasteiger partial charge is 0.410 e. The van der Waals surface area contributed by atoms with E-state index in [1.807, 2.05) is 49.9 Å². The molecule has 1 fully saturated rings. The zero-order chi connectivity index (χ0) is 29.5. The van der Waals surface area contributed by atoms with Crippen molar-refractivity contribution in [3.8, 4) is 0 Å². The van der Waals surface area contributed by atoms with Gasteiger partial charge in [-0.15, -0.1) is 0 Å². The van der Waals surface area contributed by atoms with Crippen molar-refractivity contribution in [2.24, 2.45) is 11.8 Å². The molecular weight excluding hydrogens is 516 g/mol. The second-order valence-corrected chi connectivity index (χ2v) is 12.5. The van der Waals surface area contributed by atoms with Crippen molar-refractivity contribution in [1.82, 2.24) is 10.2 Å². The Hall–Kier alpha value is -3.81. The molecule has 3 atom stereocenters. The highest BCUT2D eigenvalue weighted by molar-refractivity contribution is 5.95. The Morgan fingerprint density at radius 1 is 1.02 bits per heavy atom. The summed E-state index contributed by atoms with van der Waals surface area (Å²) in [5.74, 6) is 0.632. The van der Waals surface area contributed by atoms with E-state index in [9.17, 15) is 14.4 Å². The van der Waals surface area contributed by atoms with Gasteiger partial charge in [0.05, 0.1) is 6.04 Å². The molecule has 2 aromatic rings. The van der Waals surface area contributed by atoms with Crippen LogP contribution in [0.5, 0.6) is 0 Å². The lowest BCUT2D eigenvalue weighted by molar-refractivity contribution is -0.117. The number of anilines is 2. The maximum absolute atomic E-state index is 13.0. The summed E-state index contributed by atoms with van der Waals surface area (Å²) in [7, 11) is 1.63. The highest BCUT2D eigenvalue weighted by Gasteiger charge is 2.47. The maximum Gasteiger partial charge on any atom is 0.410 e. The first-order valence-electron chi connectivity index (χ1n) is 14.7. The lowest BCUT2D eigenvalue weighted by Gasteiger charge is -2.46. The summed E-state index contributed by atoms with van der Waals surface area (Å²) < 4.78 is 5.56. The minimum Gasteiger partial charge on any atom is -0.444 e. The third-order valence-electron chi connectivity index (χ3n) is 8.36. The van der Waals surface area contributed by atoms with Crippen LogP contribution >= 0.6 is 0 Å². The predicted octanol–water partition coefficient (Wildman–Crippen LogP) is 6.00. The summed E-state index contributed by atoms with van der Waals surface area (Å²) in [4.78, 5) is 41.4. The van der Waals surface area contributed by atoms with Gasteiger partial charge in [0.15, 0.2) is 0 Å². The molecule has 0 saturated heterocycles. The summed E-state index contributed by atoms with van der Waals surface area (Å²) >= 11 is 0. The van der Waals surface area contributed by atoms with Crippen LogP contribution in [0, 0.1) is 11.8 Å². The third kappa shape index (κ3) is 6.11. The first-order valence-corrected chi connectivity index (χ1v) is 14.7. The Balaban J connectivity index is 1.47. The Labute approximate surface area is 243 Å². The quantitative estimate of drug-likeness (QED) is 0.469. The van der Waals surface area contributed by atoms with Gasteiger partial charge in [0, 0.05) is 56.0 Å². The molecule has 1 aliphatic carbocycles. The van der Waals surface area contributed by atoms with Crippen LogP contribution in [0.15, 0.2) is 48.5 Å². The molecule has 3 amide bonds. The van der Waals surface area contributed by atoms with Crippen LogP contribution in [0.4, 0.5) is 16.2 Å². The van der Waals surface area contributed by atoms with Gasteiger partial charge >= 0.3 is 6.09 Å². The lowest BCUT2D eigenvalue weighted by Crippen LogP contribution is -2.51. The largest absolute Gasteiger partial charge is 0.444 e. The Morgan fingerprint density at radius 3 is 2.29 bits per heavy atom. The fourth-order valence-electron chi connectivity index (χ4n) is 6.23. The van der Waals surface area contributed by atoms with Crippen molar-refractivity contribution < 1.29 is 19.1 Å². The molecule has 2 aromatic carbocycles. The van der Waals surface area contributed by atoms with E-state index in [1.54, 1.807) is 18.9 Å². The van der Waals surface area contributed by atoms with Gasteiger partial charge in [-0.2, -0.15) is 0 Å². The number of ether oxygens (including phenoxy) is 1. The lowest BCUT2D eigenvalue weighted by atomic mass is 9.78. The first-order chi connectivity index (χ1) is 19.5. The summed E-state index contributed by atoms with van der Waals surface area (Å²) in [6, 6.07) is 14.1. The van der Waals surface area contributed by atoms with Gasteiger partial charge in [0.2, 0.25) is 5.91 Å². The zero-order valence-electron chi connectivity index (χ0n) is 25.0. The summed E-state index contributed by atoms with van der Waals surface area (Å²) in [6.45, 7) is 10.6. The number of hydrogen-bond donors (Lipinski definition) is 2. The van der Waals surface area contributed by atoms with Crippen molar-refractivity contribution in [3.05, 3.63) is 65.2 Å². The average Bonchev–Trinajstić information content (AvgIpc) is 3.78. The standard InChI is InChI=1S/C33H42N4O4/c1-20-29(35-26-12-9-24(10-13-26)31(39)34-6)27-19-25(11-14-28(27)37(21(2)38)30(20)23-7-8-23)22-15-17-36(18-16-22)32(40)41-33(3,4)5/h9-15,19-20,23,29-30,35H,7-8,16-18H2,1-6H3,(H,34,39)/t20-,29-,30-/m1/s1. The van der Waals surface area contributed by atoms with Gasteiger partial charge in [-0.1, -0.05) is 19.1 Å². The fourth-order valence-corrected chi connectivity index (χ4v) is 6.23. The average molecular weight is 559 g/mol. The molecule has 2 heterocycles. The molecule has 8 nitrogen and oxygen atoms in total. The van der Waals surface area contributed by atoms with Gasteiger partial charge in [0.25, 0.3) is 5.91 Å². The number of nitrogens with one attached hydrogen (secondary N) is 2. The number of carbonyl (C=O) groups is 3. The number of rotatable bonds is 5. The highest BCUT2D eigenvalue weighted by atomic mass is 16.6. The Morgan fingerprint density at radius 2 is 1.73 bits per heavy atom. The number of benzene rings is 2. The van der Waals surface area contributed by atoms with Crippen LogP contribution in [0.3, 0.4) is 0 Å². The van der Waals surface area contributed by atoms with Crippen LogP contribution in [0.25, 0.3) is 5.57 Å². The first kappa shape index (κ1) is 28.7. The van der Waals surface area contributed by atoms with Crippen LogP contribution in [0.2, 0.25) is 0 Å². The second-order valence-electron chi connectivity index (χ2n) is 12.5. The summed E-state index contributed by atoms with van der Waals surface area (Å²) in [6.07, 6.45) is 4.83. The molecule has 0 radical (unpaired) electrons. The van der Waals surface area contributed by atoms with E-state index in [2.05, 4.69) is 41.8 Å². The van der Waals surface area contributed by atoms with Gasteiger partial charge in [-0.25, -0.2) is 4.79 Å². The van der Waals surface area contributed by atoms with Gasteiger partial charge in [0.1, 0.15) is 5.60 Å². The van der Waals surface area contributed by atoms with E-state index in [-0.39, 0.29) is 35.9 Å². The molecule has 1 saturated carbocycles. The summed E-state index contributed by atoms with van der Waals surface area (Å²) in [5.41, 5.74) is 5.36. The predicted molar refractivity (Wildman–Crippen MR) is 162 cm³/mol. The monoisotopic (exact) mass is 558 g/mol. The van der Waals surface area contributed by atoms with E-state index >= 15 is 0 Å². The van der Waals surface area contributed by atoms with Crippen molar-refractivity contribution in [2.45, 2.75) is 71.6 Å². The Bertz CT molecular complexity index is 1360. The van der Waals surface area contributed by atoms with Gasteiger partial charge < -0.3 is 25.2 Å². The normalized spacial score (nSPS) is 22.4. The van der Waals surface area contributed by atoms with Crippen molar-refractivity contribution in [1.29, 1.82) is 0 Å². The minimum absolute atomic E-state index is 0.0144. The molecule has 0 unspecified atom stereocenters. The molecule has 218 valence electrons. The van der Waals surface area contributed by atoms with E-state index in [4.69, 9.17) is 4.74 Å². The molecule has 8 heteroatoms. The number of fused-ring (bicyclic) bond motifs is 1. The van der Waals surface area contributed by atoms with E-state index in [0.717, 1.165) is 41.8 Å². The SMILES string of the molecule is CNC(=O)c1ccc(N[C@H]2c3cc(C4=CCN(C(=O)OC(C)(C)C)CC4)ccc3N(C(C)=O)[C@@H](C3CC3)[C@@H]2C)cc1. The molecule has 0 spiro atoms. The molecule has 0 aromatic heterocycles. The van der Waals surface area contributed by atoms with Crippen LogP contribution in [-0.4, -0.2) is 54.6 Å². The zero-order valence-corrected chi connectivity index (χ0v) is 25.0. The molecule has 0 bridgehead atoms. The molecule has 2 aliphatic heterocycles. The van der Waals surface area contributed by atoms with Gasteiger partial charge in [-0.3, -0.25) is 9.59 Å². The van der Waals surface area contributed by atoms with E-state index in [0.29, 0.717) is 24.6 Å². The number of nitrogens with zero attached hydrogens (tertiary/aromatic N) is 2. The Kier molecular flexibility index (Phi) is 7.86. The molecule has 41 heavy (non-hydrogen) atoms. The maximum atomic E-state index is 13.0. The molecule has 5 rings (SSSR count). The number of amides is 3. The van der Waals surface area contributed by atoms with Crippen molar-refractivity contribution in [3.63, 3.8) is 0 Å². The van der Waals surface area contributed by atoms with Crippen molar-refractivity contribution in [2.75, 3.05) is 30.4 Å². The minimum atomic E-state index is -0.526. The molecule has 2 N–H and O–H groups in total. The molecular formula is C33H42N4O4. The second kappa shape index (κ2) is 11.2. The van der Waals surface area contributed by atoms with Crippen LogP contribution in [0.1, 0.15) is 81.4 Å². The molecule has 3 aliphatic rings. The van der Waals surface area contributed by atoms with Crippen LogP contribution < -0.4 is 15.5 Å². The number of hydrogen-bond acceptors (Lipinski definition) is 5. The van der Waals surface area contributed by atoms with Gasteiger partial charge in [-0.05, 0) is 99.0 Å². The topological polar surface area (TPSA) is 91.0 Å². The number of carbonyl (C=O) groups excluding carboxylic acids is 3. The van der Waals surface area contributed by atoms with E-state index < -0.39 is 5.60 Å². The highest BCUT2D eigenvalue weighted by Crippen LogP contribution is 2.50. The van der Waals surface area contributed by atoms with E-state index in [1.165, 1.54) is 5.57 Å². The third-order valence-corrected chi connectivity index (χ3v) is 8.36.